The van der Waals surface area contributed by atoms with Crippen LogP contribution >= 0.6 is 27.7 Å². The standard InChI is InChI=1S/C18H24BrN3O2S/c1-6-18(4,5)21-15(23)11(3)25-17-20-14-9-8-12(19)10-13(14)16(24)22(17)7-2/h8-11H,6-7H2,1-5H3,(H,21,23). The molecule has 136 valence electrons. The number of hydrogen-bond acceptors (Lipinski definition) is 4. The normalized spacial score (nSPS) is 13.0. The average molecular weight is 426 g/mol. The van der Waals surface area contributed by atoms with Crippen molar-refractivity contribution in [3.63, 3.8) is 0 Å². The molecule has 1 atom stereocenters. The van der Waals surface area contributed by atoms with E-state index in [0.29, 0.717) is 22.6 Å². The van der Waals surface area contributed by atoms with Crippen LogP contribution in [-0.2, 0) is 11.3 Å². The molecule has 1 N–H and O–H groups in total. The summed E-state index contributed by atoms with van der Waals surface area (Å²) >= 11 is 4.71. The van der Waals surface area contributed by atoms with Gasteiger partial charge in [-0.3, -0.25) is 14.2 Å². The van der Waals surface area contributed by atoms with E-state index in [1.807, 2.05) is 46.8 Å². The minimum Gasteiger partial charge on any atom is -0.350 e. The number of halogens is 1. The number of benzene rings is 1. The topological polar surface area (TPSA) is 64.0 Å². The maximum Gasteiger partial charge on any atom is 0.262 e. The summed E-state index contributed by atoms with van der Waals surface area (Å²) in [6, 6.07) is 5.46. The van der Waals surface area contributed by atoms with Crippen LogP contribution in [0.5, 0.6) is 0 Å². The molecule has 0 spiro atoms. The Bertz CT molecular complexity index is 848. The van der Waals surface area contributed by atoms with E-state index in [0.717, 1.165) is 10.9 Å². The quantitative estimate of drug-likeness (QED) is 0.561. The molecule has 7 heteroatoms. The van der Waals surface area contributed by atoms with E-state index in [-0.39, 0.29) is 22.3 Å². The summed E-state index contributed by atoms with van der Waals surface area (Å²) < 4.78 is 2.46. The first-order chi connectivity index (χ1) is 11.7. The van der Waals surface area contributed by atoms with E-state index in [1.165, 1.54) is 11.8 Å². The van der Waals surface area contributed by atoms with Gasteiger partial charge in [-0.05, 0) is 52.3 Å². The van der Waals surface area contributed by atoms with Gasteiger partial charge in [-0.15, -0.1) is 0 Å². The fraction of sp³-hybridized carbons (Fsp3) is 0.500. The Balaban J connectivity index is 2.36. The number of nitrogens with zero attached hydrogens (tertiary/aromatic N) is 2. The lowest BCUT2D eigenvalue weighted by molar-refractivity contribution is -0.121. The molecular formula is C18H24BrN3O2S. The number of aromatic nitrogens is 2. The van der Waals surface area contributed by atoms with Crippen LogP contribution in [0, 0.1) is 0 Å². The lowest BCUT2D eigenvalue weighted by atomic mass is 10.0. The summed E-state index contributed by atoms with van der Waals surface area (Å²) in [5, 5.41) is 3.84. The zero-order chi connectivity index (χ0) is 18.8. The second-order valence-electron chi connectivity index (χ2n) is 6.59. The van der Waals surface area contributed by atoms with Gasteiger partial charge in [0.05, 0.1) is 16.2 Å². The number of hydrogen-bond donors (Lipinski definition) is 1. The summed E-state index contributed by atoms with van der Waals surface area (Å²) in [5.74, 6) is -0.0512. The molecule has 0 bridgehead atoms. The number of carbonyl (C=O) groups excluding carboxylic acids is 1. The second kappa shape index (κ2) is 7.91. The van der Waals surface area contributed by atoms with E-state index in [4.69, 9.17) is 0 Å². The first-order valence-corrected chi connectivity index (χ1v) is 10.0. The summed E-state index contributed by atoms with van der Waals surface area (Å²) in [4.78, 5) is 29.8. The Hall–Kier alpha value is -1.34. The summed E-state index contributed by atoms with van der Waals surface area (Å²) in [6.07, 6.45) is 0.846. The number of fused-ring (bicyclic) bond motifs is 1. The highest BCUT2D eigenvalue weighted by Crippen LogP contribution is 2.24. The molecule has 0 saturated carbocycles. The van der Waals surface area contributed by atoms with Crippen LogP contribution in [-0.4, -0.2) is 26.2 Å². The fourth-order valence-corrected chi connectivity index (χ4v) is 3.61. The molecule has 25 heavy (non-hydrogen) atoms. The molecule has 2 rings (SSSR count). The van der Waals surface area contributed by atoms with Crippen molar-refractivity contribution in [1.29, 1.82) is 0 Å². The highest BCUT2D eigenvalue weighted by molar-refractivity contribution is 9.10. The Kier molecular flexibility index (Phi) is 6.32. The van der Waals surface area contributed by atoms with E-state index in [1.54, 1.807) is 10.6 Å². The van der Waals surface area contributed by atoms with Gasteiger partial charge in [0.25, 0.3) is 5.56 Å². The fourth-order valence-electron chi connectivity index (χ4n) is 2.28. The second-order valence-corrected chi connectivity index (χ2v) is 8.82. The van der Waals surface area contributed by atoms with E-state index in [2.05, 4.69) is 26.2 Å². The van der Waals surface area contributed by atoms with Crippen molar-refractivity contribution in [2.24, 2.45) is 0 Å². The van der Waals surface area contributed by atoms with Crippen LogP contribution in [0.25, 0.3) is 10.9 Å². The molecule has 2 aromatic rings. The third-order valence-electron chi connectivity index (χ3n) is 4.19. The van der Waals surface area contributed by atoms with Crippen molar-refractivity contribution in [3.05, 3.63) is 33.0 Å². The van der Waals surface area contributed by atoms with E-state index in [9.17, 15) is 9.59 Å². The highest BCUT2D eigenvalue weighted by Gasteiger charge is 2.24. The number of rotatable bonds is 6. The molecule has 1 unspecified atom stereocenters. The van der Waals surface area contributed by atoms with Crippen LogP contribution < -0.4 is 10.9 Å². The third kappa shape index (κ3) is 4.64. The van der Waals surface area contributed by atoms with Gasteiger partial charge in [-0.1, -0.05) is 34.6 Å². The lowest BCUT2D eigenvalue weighted by Crippen LogP contribution is -2.46. The molecule has 1 amide bonds. The molecule has 0 radical (unpaired) electrons. The third-order valence-corrected chi connectivity index (χ3v) is 5.78. The van der Waals surface area contributed by atoms with Crippen LogP contribution in [0.3, 0.4) is 0 Å². The zero-order valence-electron chi connectivity index (χ0n) is 15.2. The van der Waals surface area contributed by atoms with Gasteiger partial charge >= 0.3 is 0 Å². The minimum absolute atomic E-state index is 0.0512. The Morgan fingerprint density at radius 3 is 2.68 bits per heavy atom. The van der Waals surface area contributed by atoms with Gasteiger partial charge in [0.2, 0.25) is 5.91 Å². The van der Waals surface area contributed by atoms with Crippen molar-refractivity contribution in [2.75, 3.05) is 0 Å². The van der Waals surface area contributed by atoms with Crippen LogP contribution in [0.15, 0.2) is 32.6 Å². The number of thioether (sulfide) groups is 1. The molecule has 0 aliphatic carbocycles. The SMILES string of the molecule is CCn1c(SC(C)C(=O)NC(C)(C)CC)nc2ccc(Br)cc2c1=O. The highest BCUT2D eigenvalue weighted by atomic mass is 79.9. The van der Waals surface area contributed by atoms with Crippen LogP contribution in [0.2, 0.25) is 0 Å². The first-order valence-electron chi connectivity index (χ1n) is 8.37. The number of carbonyl (C=O) groups is 1. The van der Waals surface area contributed by atoms with Gasteiger partial charge in [-0.2, -0.15) is 0 Å². The molecular weight excluding hydrogens is 402 g/mol. The maximum absolute atomic E-state index is 12.7. The molecule has 1 aromatic heterocycles. The number of amides is 1. The summed E-state index contributed by atoms with van der Waals surface area (Å²) in [7, 11) is 0. The zero-order valence-corrected chi connectivity index (χ0v) is 17.6. The van der Waals surface area contributed by atoms with Gasteiger partial charge in [-0.25, -0.2) is 4.98 Å². The number of nitrogens with one attached hydrogen (secondary N) is 1. The van der Waals surface area contributed by atoms with Crippen molar-refractivity contribution < 1.29 is 4.79 Å². The molecule has 0 saturated heterocycles. The molecule has 1 heterocycles. The predicted octanol–water partition coefficient (Wildman–Crippen LogP) is 3.96. The minimum atomic E-state index is -0.344. The van der Waals surface area contributed by atoms with Crippen molar-refractivity contribution in [2.45, 2.75) is 63.5 Å². The van der Waals surface area contributed by atoms with Crippen LogP contribution in [0.4, 0.5) is 0 Å². The molecule has 0 fully saturated rings. The van der Waals surface area contributed by atoms with E-state index < -0.39 is 0 Å². The van der Waals surface area contributed by atoms with Crippen LogP contribution in [0.1, 0.15) is 41.0 Å². The largest absolute Gasteiger partial charge is 0.350 e. The smallest absolute Gasteiger partial charge is 0.262 e. The summed E-state index contributed by atoms with van der Waals surface area (Å²) in [5.41, 5.74) is 0.305. The van der Waals surface area contributed by atoms with Crippen molar-refractivity contribution in [3.8, 4) is 0 Å². The van der Waals surface area contributed by atoms with Gasteiger partial charge in [0.1, 0.15) is 0 Å². The maximum atomic E-state index is 12.7. The molecule has 1 aromatic carbocycles. The summed E-state index contributed by atoms with van der Waals surface area (Å²) in [6.45, 7) is 10.3. The monoisotopic (exact) mass is 425 g/mol. The average Bonchev–Trinajstić information content (AvgIpc) is 2.55. The Morgan fingerprint density at radius 2 is 2.08 bits per heavy atom. The van der Waals surface area contributed by atoms with E-state index >= 15 is 0 Å². The van der Waals surface area contributed by atoms with Gasteiger partial charge < -0.3 is 5.32 Å². The Labute approximate surface area is 160 Å². The lowest BCUT2D eigenvalue weighted by Gasteiger charge is -2.26. The van der Waals surface area contributed by atoms with Crippen molar-refractivity contribution in [1.82, 2.24) is 14.9 Å². The molecule has 0 aliphatic rings. The predicted molar refractivity (Wildman–Crippen MR) is 107 cm³/mol. The molecule has 0 aliphatic heterocycles. The van der Waals surface area contributed by atoms with Crippen molar-refractivity contribution >= 4 is 44.5 Å². The van der Waals surface area contributed by atoms with Gasteiger partial charge in [0, 0.05) is 16.6 Å². The first kappa shape index (κ1) is 20.0. The molecule has 5 nitrogen and oxygen atoms in total. The Morgan fingerprint density at radius 1 is 1.40 bits per heavy atom. The van der Waals surface area contributed by atoms with Gasteiger partial charge in [0.15, 0.2) is 5.16 Å².